The van der Waals surface area contributed by atoms with Crippen LogP contribution in [0, 0.1) is 6.92 Å². The number of aryl methyl sites for hydroxylation is 2. The fourth-order valence-corrected chi connectivity index (χ4v) is 2.65. The van der Waals surface area contributed by atoms with Crippen molar-refractivity contribution in [2.45, 2.75) is 39.8 Å². The molecule has 0 aromatic carbocycles. The van der Waals surface area contributed by atoms with Crippen molar-refractivity contribution in [2.75, 3.05) is 6.54 Å². The summed E-state index contributed by atoms with van der Waals surface area (Å²) < 4.78 is 3.86. The molecule has 1 amide bonds. The van der Waals surface area contributed by atoms with Crippen molar-refractivity contribution in [3.63, 3.8) is 0 Å². The minimum absolute atomic E-state index is 0.0928. The number of fused-ring (bicyclic) bond motifs is 1. The van der Waals surface area contributed by atoms with Gasteiger partial charge in [0, 0.05) is 36.9 Å². The van der Waals surface area contributed by atoms with Crippen molar-refractivity contribution in [3.05, 3.63) is 42.2 Å². The van der Waals surface area contributed by atoms with E-state index in [1.54, 1.807) is 18.7 Å². The molecule has 0 bridgehead atoms. The molecule has 24 heavy (non-hydrogen) atoms. The van der Waals surface area contributed by atoms with E-state index >= 15 is 0 Å². The standard InChI is InChI=1S/C17H22N6O/c1-12(2)23-16-14(10-20-23)9-15(13(3)21-16)17(24)19-5-4-7-22-8-6-18-11-22/h6,8-12H,4-5,7H2,1-3H3,(H,19,24). The van der Waals surface area contributed by atoms with Crippen molar-refractivity contribution < 1.29 is 4.79 Å². The Morgan fingerprint density at radius 2 is 2.21 bits per heavy atom. The predicted octanol–water partition coefficient (Wildman–Crippen LogP) is 2.34. The molecule has 0 atom stereocenters. The highest BCUT2D eigenvalue weighted by Crippen LogP contribution is 2.19. The average molecular weight is 326 g/mol. The Hall–Kier alpha value is -2.70. The van der Waals surface area contributed by atoms with Crippen LogP contribution in [-0.2, 0) is 6.54 Å². The SMILES string of the molecule is Cc1nc2c(cnn2C(C)C)cc1C(=O)NCCCn1ccnc1. The van der Waals surface area contributed by atoms with E-state index < -0.39 is 0 Å². The van der Waals surface area contributed by atoms with Gasteiger partial charge in [-0.1, -0.05) is 0 Å². The lowest BCUT2D eigenvalue weighted by molar-refractivity contribution is 0.0952. The second-order valence-corrected chi connectivity index (χ2v) is 6.13. The Labute approximate surface area is 140 Å². The molecular formula is C17H22N6O. The van der Waals surface area contributed by atoms with Crippen LogP contribution >= 0.6 is 0 Å². The first-order chi connectivity index (χ1) is 11.6. The second-order valence-electron chi connectivity index (χ2n) is 6.13. The molecule has 3 aromatic rings. The summed E-state index contributed by atoms with van der Waals surface area (Å²) >= 11 is 0. The highest BCUT2D eigenvalue weighted by molar-refractivity contribution is 5.98. The Balaban J connectivity index is 1.67. The molecular weight excluding hydrogens is 304 g/mol. The summed E-state index contributed by atoms with van der Waals surface area (Å²) in [6.07, 6.45) is 8.05. The Morgan fingerprint density at radius 1 is 1.38 bits per heavy atom. The van der Waals surface area contributed by atoms with Crippen LogP contribution in [0.25, 0.3) is 11.0 Å². The quantitative estimate of drug-likeness (QED) is 0.705. The minimum atomic E-state index is -0.0928. The lowest BCUT2D eigenvalue weighted by Crippen LogP contribution is -2.26. The number of aromatic nitrogens is 5. The van der Waals surface area contributed by atoms with Crippen molar-refractivity contribution in [1.82, 2.24) is 29.6 Å². The Bertz CT molecular complexity index is 834. The summed E-state index contributed by atoms with van der Waals surface area (Å²) in [7, 11) is 0. The fraction of sp³-hybridized carbons (Fsp3) is 0.412. The highest BCUT2D eigenvalue weighted by atomic mass is 16.1. The summed E-state index contributed by atoms with van der Waals surface area (Å²) in [5.41, 5.74) is 2.14. The number of amides is 1. The summed E-state index contributed by atoms with van der Waals surface area (Å²) in [5, 5.41) is 8.20. The smallest absolute Gasteiger partial charge is 0.253 e. The largest absolute Gasteiger partial charge is 0.352 e. The molecule has 0 aliphatic carbocycles. The third-order valence-corrected chi connectivity index (χ3v) is 3.93. The van der Waals surface area contributed by atoms with Crippen LogP contribution in [0.15, 0.2) is 31.0 Å². The van der Waals surface area contributed by atoms with Crippen molar-refractivity contribution in [3.8, 4) is 0 Å². The van der Waals surface area contributed by atoms with Crippen LogP contribution in [0.1, 0.15) is 42.4 Å². The van der Waals surface area contributed by atoms with Crippen LogP contribution in [0.3, 0.4) is 0 Å². The van der Waals surface area contributed by atoms with Crippen LogP contribution in [0.4, 0.5) is 0 Å². The first-order valence-electron chi connectivity index (χ1n) is 8.15. The van der Waals surface area contributed by atoms with Gasteiger partial charge >= 0.3 is 0 Å². The van der Waals surface area contributed by atoms with Gasteiger partial charge in [0.05, 0.1) is 23.8 Å². The van der Waals surface area contributed by atoms with E-state index in [1.165, 1.54) is 0 Å². The molecule has 0 saturated heterocycles. The van der Waals surface area contributed by atoms with E-state index in [2.05, 4.69) is 34.2 Å². The fourth-order valence-electron chi connectivity index (χ4n) is 2.65. The summed E-state index contributed by atoms with van der Waals surface area (Å²) in [6, 6.07) is 2.10. The summed E-state index contributed by atoms with van der Waals surface area (Å²) in [5.74, 6) is -0.0928. The number of carbonyl (C=O) groups excluding carboxylic acids is 1. The zero-order valence-corrected chi connectivity index (χ0v) is 14.2. The maximum Gasteiger partial charge on any atom is 0.253 e. The maximum atomic E-state index is 12.4. The van der Waals surface area contributed by atoms with Gasteiger partial charge in [-0.05, 0) is 33.3 Å². The number of pyridine rings is 1. The molecule has 3 rings (SSSR count). The van der Waals surface area contributed by atoms with Crippen molar-refractivity contribution in [2.24, 2.45) is 0 Å². The van der Waals surface area contributed by atoms with Gasteiger partial charge in [-0.3, -0.25) is 4.79 Å². The molecule has 0 aliphatic heterocycles. The normalized spacial score (nSPS) is 11.3. The molecule has 7 nitrogen and oxygen atoms in total. The number of imidazole rings is 1. The molecule has 0 radical (unpaired) electrons. The van der Waals surface area contributed by atoms with Crippen LogP contribution < -0.4 is 5.32 Å². The van der Waals surface area contributed by atoms with E-state index in [-0.39, 0.29) is 11.9 Å². The third kappa shape index (κ3) is 3.29. The molecule has 3 aromatic heterocycles. The first-order valence-corrected chi connectivity index (χ1v) is 8.15. The molecule has 0 unspecified atom stereocenters. The topological polar surface area (TPSA) is 77.6 Å². The molecule has 1 N–H and O–H groups in total. The lowest BCUT2D eigenvalue weighted by atomic mass is 10.1. The molecule has 3 heterocycles. The number of nitrogens with one attached hydrogen (secondary N) is 1. The van der Waals surface area contributed by atoms with Crippen molar-refractivity contribution in [1.29, 1.82) is 0 Å². The second kappa shape index (κ2) is 6.82. The van der Waals surface area contributed by atoms with E-state index in [9.17, 15) is 4.79 Å². The van der Waals surface area contributed by atoms with Gasteiger partial charge in [-0.15, -0.1) is 0 Å². The maximum absolute atomic E-state index is 12.4. The monoisotopic (exact) mass is 326 g/mol. The number of carbonyl (C=O) groups is 1. The number of hydrogen-bond donors (Lipinski definition) is 1. The molecule has 0 aliphatic rings. The molecule has 7 heteroatoms. The number of nitrogens with zero attached hydrogens (tertiary/aromatic N) is 5. The van der Waals surface area contributed by atoms with Gasteiger partial charge in [0.1, 0.15) is 0 Å². The third-order valence-electron chi connectivity index (χ3n) is 3.93. The van der Waals surface area contributed by atoms with Crippen LogP contribution in [-0.4, -0.2) is 36.8 Å². The highest BCUT2D eigenvalue weighted by Gasteiger charge is 2.14. The first kappa shape index (κ1) is 16.2. The number of rotatable bonds is 6. The summed E-state index contributed by atoms with van der Waals surface area (Å²) in [4.78, 5) is 21.0. The van der Waals surface area contributed by atoms with E-state index in [4.69, 9.17) is 0 Å². The molecule has 0 saturated carbocycles. The van der Waals surface area contributed by atoms with Gasteiger partial charge in [-0.2, -0.15) is 5.10 Å². The molecule has 0 fully saturated rings. The zero-order chi connectivity index (χ0) is 17.1. The number of hydrogen-bond acceptors (Lipinski definition) is 4. The lowest BCUT2D eigenvalue weighted by Gasteiger charge is -2.10. The predicted molar refractivity (Wildman–Crippen MR) is 91.8 cm³/mol. The van der Waals surface area contributed by atoms with E-state index in [0.717, 1.165) is 29.7 Å². The van der Waals surface area contributed by atoms with Gasteiger partial charge < -0.3 is 9.88 Å². The van der Waals surface area contributed by atoms with Gasteiger partial charge in [0.2, 0.25) is 0 Å². The zero-order valence-electron chi connectivity index (χ0n) is 14.2. The van der Waals surface area contributed by atoms with Crippen molar-refractivity contribution >= 4 is 16.9 Å². The minimum Gasteiger partial charge on any atom is -0.352 e. The average Bonchev–Trinajstić information content (AvgIpc) is 3.19. The summed E-state index contributed by atoms with van der Waals surface area (Å²) in [6.45, 7) is 7.42. The van der Waals surface area contributed by atoms with Gasteiger partial charge in [0.25, 0.3) is 5.91 Å². The van der Waals surface area contributed by atoms with Crippen LogP contribution in [0.2, 0.25) is 0 Å². The van der Waals surface area contributed by atoms with E-state index in [0.29, 0.717) is 12.1 Å². The molecule has 126 valence electrons. The molecule has 0 spiro atoms. The van der Waals surface area contributed by atoms with Gasteiger partial charge in [-0.25, -0.2) is 14.6 Å². The van der Waals surface area contributed by atoms with Gasteiger partial charge in [0.15, 0.2) is 5.65 Å². The van der Waals surface area contributed by atoms with Crippen LogP contribution in [0.5, 0.6) is 0 Å². The Kier molecular flexibility index (Phi) is 4.59. The Morgan fingerprint density at radius 3 is 2.92 bits per heavy atom. The van der Waals surface area contributed by atoms with E-state index in [1.807, 2.05) is 28.4 Å².